The fourth-order valence-corrected chi connectivity index (χ4v) is 1.63. The molecular weight excluding hydrogens is 212 g/mol. The second kappa shape index (κ2) is 5.71. The number of rotatable bonds is 4. The third-order valence-electron chi connectivity index (χ3n) is 2.94. The Morgan fingerprint density at radius 3 is 2.65 bits per heavy atom. The van der Waals surface area contributed by atoms with Gasteiger partial charge >= 0.3 is 0 Å². The van der Waals surface area contributed by atoms with E-state index < -0.39 is 0 Å². The number of anilines is 1. The molecule has 17 heavy (non-hydrogen) atoms. The van der Waals surface area contributed by atoms with Crippen molar-refractivity contribution in [2.45, 2.75) is 27.2 Å². The van der Waals surface area contributed by atoms with Gasteiger partial charge in [0.1, 0.15) is 0 Å². The zero-order valence-corrected chi connectivity index (χ0v) is 11.2. The number of amides is 1. The summed E-state index contributed by atoms with van der Waals surface area (Å²) in [4.78, 5) is 13.9. The van der Waals surface area contributed by atoms with Crippen LogP contribution in [0.1, 0.15) is 36.2 Å². The molecule has 0 saturated heterocycles. The van der Waals surface area contributed by atoms with Gasteiger partial charge < -0.3 is 10.6 Å². The summed E-state index contributed by atoms with van der Waals surface area (Å²) in [6.07, 6.45) is 1.01. The number of nitrogen functional groups attached to an aromatic ring is 1. The molecule has 0 unspecified atom stereocenters. The maximum atomic E-state index is 12.2. The van der Waals surface area contributed by atoms with Crippen molar-refractivity contribution < 1.29 is 4.79 Å². The van der Waals surface area contributed by atoms with Crippen molar-refractivity contribution >= 4 is 11.6 Å². The van der Waals surface area contributed by atoms with Crippen molar-refractivity contribution in [2.75, 3.05) is 19.3 Å². The quantitative estimate of drug-likeness (QED) is 0.814. The van der Waals surface area contributed by atoms with Gasteiger partial charge in [-0.2, -0.15) is 0 Å². The molecule has 2 N–H and O–H groups in total. The summed E-state index contributed by atoms with van der Waals surface area (Å²) in [5.74, 6) is 0.604. The second-order valence-corrected chi connectivity index (χ2v) is 4.95. The molecule has 94 valence electrons. The third kappa shape index (κ3) is 3.48. The van der Waals surface area contributed by atoms with Crippen LogP contribution in [0.3, 0.4) is 0 Å². The van der Waals surface area contributed by atoms with Gasteiger partial charge in [-0.15, -0.1) is 0 Å². The van der Waals surface area contributed by atoms with E-state index in [2.05, 4.69) is 13.8 Å². The van der Waals surface area contributed by atoms with E-state index in [4.69, 9.17) is 5.73 Å². The van der Waals surface area contributed by atoms with E-state index in [1.165, 1.54) is 0 Å². The standard InChI is InChI=1S/C14H22N2O/c1-10(2)8-9-16(4)14(17)12-7-5-6-11(3)13(12)15/h5-7,10H,8-9,15H2,1-4H3. The minimum absolute atomic E-state index is 0.00634. The number of para-hydroxylation sites is 1. The first-order chi connectivity index (χ1) is 7.93. The molecule has 0 aromatic heterocycles. The van der Waals surface area contributed by atoms with E-state index in [9.17, 15) is 4.79 Å². The Labute approximate surface area is 104 Å². The maximum Gasteiger partial charge on any atom is 0.255 e. The molecule has 0 aliphatic heterocycles. The largest absolute Gasteiger partial charge is 0.398 e. The monoisotopic (exact) mass is 234 g/mol. The van der Waals surface area contributed by atoms with Gasteiger partial charge in [0, 0.05) is 19.3 Å². The highest BCUT2D eigenvalue weighted by Crippen LogP contribution is 2.18. The Kier molecular flexibility index (Phi) is 4.55. The van der Waals surface area contributed by atoms with Gasteiger partial charge in [-0.05, 0) is 30.9 Å². The van der Waals surface area contributed by atoms with Crippen LogP contribution in [0.2, 0.25) is 0 Å². The fraction of sp³-hybridized carbons (Fsp3) is 0.500. The molecule has 0 heterocycles. The van der Waals surface area contributed by atoms with Crippen LogP contribution in [0.15, 0.2) is 18.2 Å². The number of hydrogen-bond acceptors (Lipinski definition) is 2. The van der Waals surface area contributed by atoms with Crippen molar-refractivity contribution in [3.05, 3.63) is 29.3 Å². The number of carbonyl (C=O) groups excluding carboxylic acids is 1. The Morgan fingerprint density at radius 1 is 1.41 bits per heavy atom. The van der Waals surface area contributed by atoms with Crippen molar-refractivity contribution in [3.63, 3.8) is 0 Å². The Bertz CT molecular complexity index is 399. The fourth-order valence-electron chi connectivity index (χ4n) is 1.63. The molecule has 1 amide bonds. The van der Waals surface area contributed by atoms with E-state index >= 15 is 0 Å². The molecule has 0 radical (unpaired) electrons. The van der Waals surface area contributed by atoms with Crippen LogP contribution in [0, 0.1) is 12.8 Å². The van der Waals surface area contributed by atoms with Crippen LogP contribution in [0.5, 0.6) is 0 Å². The molecule has 0 fully saturated rings. The van der Waals surface area contributed by atoms with Crippen molar-refractivity contribution in [1.29, 1.82) is 0 Å². The summed E-state index contributed by atoms with van der Waals surface area (Å²) in [5, 5.41) is 0. The number of hydrogen-bond donors (Lipinski definition) is 1. The summed E-state index contributed by atoms with van der Waals surface area (Å²) in [6.45, 7) is 6.99. The number of nitrogens with zero attached hydrogens (tertiary/aromatic N) is 1. The van der Waals surface area contributed by atoms with E-state index in [1.807, 2.05) is 26.1 Å². The summed E-state index contributed by atoms with van der Waals surface area (Å²) in [5.41, 5.74) is 8.08. The van der Waals surface area contributed by atoms with Crippen molar-refractivity contribution in [1.82, 2.24) is 4.90 Å². The molecular formula is C14H22N2O. The predicted molar refractivity (Wildman–Crippen MR) is 72.0 cm³/mol. The van der Waals surface area contributed by atoms with Gasteiger partial charge in [0.05, 0.1) is 5.56 Å². The maximum absolute atomic E-state index is 12.2. The number of nitrogens with two attached hydrogens (primary N) is 1. The Hall–Kier alpha value is -1.51. The van der Waals surface area contributed by atoms with E-state index in [0.717, 1.165) is 18.5 Å². The lowest BCUT2D eigenvalue weighted by Gasteiger charge is -2.19. The predicted octanol–water partition coefficient (Wildman–Crippen LogP) is 2.70. The molecule has 0 aliphatic rings. The Morgan fingerprint density at radius 2 is 2.06 bits per heavy atom. The zero-order valence-electron chi connectivity index (χ0n) is 11.2. The van der Waals surface area contributed by atoms with Crippen LogP contribution in [-0.4, -0.2) is 24.4 Å². The summed E-state index contributed by atoms with van der Waals surface area (Å²) >= 11 is 0. The molecule has 0 spiro atoms. The Balaban J connectivity index is 2.78. The average Bonchev–Trinajstić information content (AvgIpc) is 2.28. The average molecular weight is 234 g/mol. The van der Waals surface area contributed by atoms with Gasteiger partial charge in [0.15, 0.2) is 0 Å². The summed E-state index contributed by atoms with van der Waals surface area (Å²) in [7, 11) is 1.83. The second-order valence-electron chi connectivity index (χ2n) is 4.95. The molecule has 1 rings (SSSR count). The zero-order chi connectivity index (χ0) is 13.0. The minimum atomic E-state index is 0.00634. The molecule has 1 aromatic carbocycles. The van der Waals surface area contributed by atoms with E-state index in [-0.39, 0.29) is 5.91 Å². The van der Waals surface area contributed by atoms with E-state index in [0.29, 0.717) is 17.2 Å². The highest BCUT2D eigenvalue weighted by Gasteiger charge is 2.15. The topological polar surface area (TPSA) is 46.3 Å². The number of carbonyl (C=O) groups is 1. The van der Waals surface area contributed by atoms with Gasteiger partial charge in [-0.1, -0.05) is 26.0 Å². The normalized spacial score (nSPS) is 10.6. The highest BCUT2D eigenvalue weighted by molar-refractivity contribution is 5.99. The van der Waals surface area contributed by atoms with Crippen molar-refractivity contribution in [3.8, 4) is 0 Å². The lowest BCUT2D eigenvalue weighted by Crippen LogP contribution is -2.29. The van der Waals surface area contributed by atoms with Crippen molar-refractivity contribution in [2.24, 2.45) is 5.92 Å². The van der Waals surface area contributed by atoms with Crippen LogP contribution >= 0.6 is 0 Å². The van der Waals surface area contributed by atoms with Crippen LogP contribution in [-0.2, 0) is 0 Å². The molecule has 0 atom stereocenters. The lowest BCUT2D eigenvalue weighted by molar-refractivity contribution is 0.0790. The third-order valence-corrected chi connectivity index (χ3v) is 2.94. The van der Waals surface area contributed by atoms with Crippen LogP contribution in [0.4, 0.5) is 5.69 Å². The molecule has 3 heteroatoms. The van der Waals surface area contributed by atoms with Gasteiger partial charge in [0.2, 0.25) is 0 Å². The van der Waals surface area contributed by atoms with Gasteiger partial charge in [-0.3, -0.25) is 4.79 Å². The smallest absolute Gasteiger partial charge is 0.255 e. The highest BCUT2D eigenvalue weighted by atomic mass is 16.2. The molecule has 0 aliphatic carbocycles. The number of benzene rings is 1. The molecule has 3 nitrogen and oxygen atoms in total. The minimum Gasteiger partial charge on any atom is -0.398 e. The summed E-state index contributed by atoms with van der Waals surface area (Å²) in [6, 6.07) is 5.58. The summed E-state index contributed by atoms with van der Waals surface area (Å²) < 4.78 is 0. The molecule has 0 bridgehead atoms. The first-order valence-corrected chi connectivity index (χ1v) is 6.04. The van der Waals surface area contributed by atoms with Crippen LogP contribution in [0.25, 0.3) is 0 Å². The van der Waals surface area contributed by atoms with Crippen LogP contribution < -0.4 is 5.73 Å². The molecule has 1 aromatic rings. The van der Waals surface area contributed by atoms with Gasteiger partial charge in [-0.25, -0.2) is 0 Å². The lowest BCUT2D eigenvalue weighted by atomic mass is 10.1. The van der Waals surface area contributed by atoms with Gasteiger partial charge in [0.25, 0.3) is 5.91 Å². The molecule has 0 saturated carbocycles. The van der Waals surface area contributed by atoms with E-state index in [1.54, 1.807) is 11.0 Å². The first-order valence-electron chi connectivity index (χ1n) is 6.04. The SMILES string of the molecule is Cc1cccc(C(=O)N(C)CCC(C)C)c1N. The number of aryl methyl sites for hydroxylation is 1. The first kappa shape index (κ1) is 13.6.